The lowest BCUT2D eigenvalue weighted by molar-refractivity contribution is -0.123. The Morgan fingerprint density at radius 2 is 1.91 bits per heavy atom. The summed E-state index contributed by atoms with van der Waals surface area (Å²) in [6.45, 7) is 2.13. The van der Waals surface area contributed by atoms with E-state index in [9.17, 15) is 9.59 Å². The molecular weight excluding hydrogens is 450 g/mol. The third kappa shape index (κ3) is 6.22. The average molecular weight is 474 g/mol. The summed E-state index contributed by atoms with van der Waals surface area (Å²) in [6.07, 6.45) is 5.17. The molecule has 1 atom stereocenters. The third-order valence-corrected chi connectivity index (χ3v) is 5.91. The van der Waals surface area contributed by atoms with Crippen LogP contribution in [0.15, 0.2) is 48.1 Å². The molecule has 0 aromatic carbocycles. The molecule has 0 aliphatic carbocycles. The molecule has 0 spiro atoms. The van der Waals surface area contributed by atoms with Gasteiger partial charge in [-0.25, -0.2) is 14.8 Å². The molecule has 0 saturated carbocycles. The number of amides is 3. The topological polar surface area (TPSA) is 126 Å². The van der Waals surface area contributed by atoms with E-state index in [2.05, 4.69) is 30.5 Å². The second-order valence-corrected chi connectivity index (χ2v) is 8.20. The number of carbonyl (C=O) groups is 2. The number of likely N-dealkylation sites (tertiary alicyclic amines) is 1. The van der Waals surface area contributed by atoms with Gasteiger partial charge in [0.25, 0.3) is 0 Å². The van der Waals surface area contributed by atoms with Crippen molar-refractivity contribution in [2.45, 2.75) is 19.4 Å². The van der Waals surface area contributed by atoms with E-state index in [1.54, 1.807) is 23.8 Å². The Labute approximate surface area is 195 Å². The Kier molecular flexibility index (Phi) is 8.09. The van der Waals surface area contributed by atoms with Gasteiger partial charge in [-0.05, 0) is 43.7 Å². The summed E-state index contributed by atoms with van der Waals surface area (Å²) in [5, 5.41) is 8.06. The first-order chi connectivity index (χ1) is 15.1. The van der Waals surface area contributed by atoms with Crippen LogP contribution in [0.5, 0.6) is 0 Å². The Bertz CT molecular complexity index is 1060. The number of rotatable bonds is 6. The fourth-order valence-corrected chi connectivity index (χ4v) is 4.28. The second-order valence-electron chi connectivity index (χ2n) is 7.34. The molecule has 32 heavy (non-hydrogen) atoms. The van der Waals surface area contributed by atoms with Crippen molar-refractivity contribution in [2.75, 3.05) is 23.7 Å². The Morgan fingerprint density at radius 1 is 1.12 bits per heavy atom. The number of aromatic nitrogens is 3. The van der Waals surface area contributed by atoms with Gasteiger partial charge in [0, 0.05) is 36.4 Å². The van der Waals surface area contributed by atoms with Crippen LogP contribution >= 0.6 is 23.7 Å². The van der Waals surface area contributed by atoms with Crippen LogP contribution in [-0.4, -0.2) is 44.9 Å². The molecule has 3 aromatic rings. The van der Waals surface area contributed by atoms with Gasteiger partial charge in [0.1, 0.15) is 16.6 Å². The highest BCUT2D eigenvalue weighted by Gasteiger charge is 2.24. The molecule has 1 aliphatic heterocycles. The molecule has 4 rings (SSSR count). The van der Waals surface area contributed by atoms with Gasteiger partial charge in [-0.2, -0.15) is 0 Å². The van der Waals surface area contributed by atoms with Crippen molar-refractivity contribution >= 4 is 47.3 Å². The summed E-state index contributed by atoms with van der Waals surface area (Å²) in [7, 11) is 0. The molecule has 9 nitrogen and oxygen atoms in total. The number of carbonyl (C=O) groups excluding carboxylic acids is 2. The number of pyridine rings is 2. The highest BCUT2D eigenvalue weighted by Crippen LogP contribution is 2.25. The van der Waals surface area contributed by atoms with E-state index in [0.29, 0.717) is 24.7 Å². The van der Waals surface area contributed by atoms with Crippen LogP contribution in [0.4, 0.5) is 16.4 Å². The van der Waals surface area contributed by atoms with Crippen molar-refractivity contribution in [1.29, 1.82) is 0 Å². The largest absolute Gasteiger partial charge is 0.369 e. The maximum Gasteiger partial charge on any atom is 0.326 e. The number of nitrogens with one attached hydrogen (secondary N) is 2. The normalized spacial score (nSPS) is 16.1. The maximum atomic E-state index is 12.4. The second kappa shape index (κ2) is 11.0. The standard InChI is InChI=1S/C21H23N7O2S.ClH/c22-19(29)15-3-2-10-28(11-15)12-16-4-1-5-17(24-16)26-21(30)27-18-13-31-20(25-18)14-6-8-23-9-7-14;/h1,4-9,13,15H,2-3,10-12H2,(H2,22,29)(H2,24,26,27,30);1H. The number of anilines is 2. The molecule has 168 valence electrons. The molecule has 1 fully saturated rings. The van der Waals surface area contributed by atoms with Gasteiger partial charge >= 0.3 is 6.03 Å². The molecule has 3 aromatic heterocycles. The number of halogens is 1. The zero-order valence-corrected chi connectivity index (χ0v) is 18.9. The first-order valence-electron chi connectivity index (χ1n) is 9.98. The molecule has 11 heteroatoms. The summed E-state index contributed by atoms with van der Waals surface area (Å²) in [4.78, 5) is 39.0. The number of piperidine rings is 1. The molecule has 0 bridgehead atoms. The first-order valence-corrected chi connectivity index (χ1v) is 10.9. The maximum absolute atomic E-state index is 12.4. The van der Waals surface area contributed by atoms with Crippen molar-refractivity contribution in [3.8, 4) is 10.6 Å². The highest BCUT2D eigenvalue weighted by molar-refractivity contribution is 7.13. The molecule has 0 radical (unpaired) electrons. The summed E-state index contributed by atoms with van der Waals surface area (Å²) in [5.74, 6) is 0.550. The molecular formula is C21H24ClN7O2S. The van der Waals surface area contributed by atoms with Crippen molar-refractivity contribution in [2.24, 2.45) is 11.7 Å². The molecule has 4 heterocycles. The zero-order valence-electron chi connectivity index (χ0n) is 17.2. The smallest absolute Gasteiger partial charge is 0.326 e. The number of urea groups is 1. The molecule has 3 amide bonds. The van der Waals surface area contributed by atoms with Gasteiger partial charge in [0.05, 0.1) is 11.6 Å². The van der Waals surface area contributed by atoms with E-state index >= 15 is 0 Å². The Morgan fingerprint density at radius 3 is 2.69 bits per heavy atom. The van der Waals surface area contributed by atoms with Crippen molar-refractivity contribution < 1.29 is 9.59 Å². The summed E-state index contributed by atoms with van der Waals surface area (Å²) in [5.41, 5.74) is 7.22. The summed E-state index contributed by atoms with van der Waals surface area (Å²) < 4.78 is 0. The van der Waals surface area contributed by atoms with Gasteiger partial charge in [-0.3, -0.25) is 25.3 Å². The fourth-order valence-electron chi connectivity index (χ4n) is 3.52. The van der Waals surface area contributed by atoms with E-state index in [0.717, 1.165) is 35.7 Å². The van der Waals surface area contributed by atoms with E-state index < -0.39 is 6.03 Å². The third-order valence-electron chi connectivity index (χ3n) is 5.01. The van der Waals surface area contributed by atoms with Gasteiger partial charge in [-0.15, -0.1) is 23.7 Å². The van der Waals surface area contributed by atoms with Gasteiger partial charge in [0.15, 0.2) is 0 Å². The summed E-state index contributed by atoms with van der Waals surface area (Å²) >= 11 is 1.44. The summed E-state index contributed by atoms with van der Waals surface area (Å²) in [6, 6.07) is 8.80. The minimum absolute atomic E-state index is 0. The number of nitrogens with zero attached hydrogens (tertiary/aromatic N) is 4. The highest BCUT2D eigenvalue weighted by atomic mass is 35.5. The van der Waals surface area contributed by atoms with E-state index in [-0.39, 0.29) is 24.2 Å². The van der Waals surface area contributed by atoms with E-state index in [1.165, 1.54) is 11.3 Å². The lowest BCUT2D eigenvalue weighted by Gasteiger charge is -2.30. The molecule has 4 N–H and O–H groups in total. The van der Waals surface area contributed by atoms with Gasteiger partial charge in [0.2, 0.25) is 5.91 Å². The van der Waals surface area contributed by atoms with Crippen LogP contribution in [0.2, 0.25) is 0 Å². The number of hydrogen-bond donors (Lipinski definition) is 3. The number of thiazole rings is 1. The fraction of sp³-hybridized carbons (Fsp3) is 0.286. The monoisotopic (exact) mass is 473 g/mol. The number of nitrogens with two attached hydrogens (primary N) is 1. The number of hydrogen-bond acceptors (Lipinski definition) is 7. The van der Waals surface area contributed by atoms with Gasteiger partial charge in [-0.1, -0.05) is 6.07 Å². The first kappa shape index (κ1) is 23.6. The van der Waals surface area contributed by atoms with Crippen LogP contribution in [0, 0.1) is 5.92 Å². The van der Waals surface area contributed by atoms with Crippen LogP contribution in [-0.2, 0) is 11.3 Å². The SMILES string of the molecule is Cl.NC(=O)C1CCCN(Cc2cccc(NC(=O)Nc3csc(-c4ccncc4)n3)n2)C1. The lowest BCUT2D eigenvalue weighted by Crippen LogP contribution is -2.40. The van der Waals surface area contributed by atoms with Crippen LogP contribution in [0.25, 0.3) is 10.6 Å². The van der Waals surface area contributed by atoms with Gasteiger partial charge < -0.3 is 5.73 Å². The molecule has 1 saturated heterocycles. The van der Waals surface area contributed by atoms with Crippen molar-refractivity contribution in [3.63, 3.8) is 0 Å². The predicted molar refractivity (Wildman–Crippen MR) is 127 cm³/mol. The van der Waals surface area contributed by atoms with Crippen LogP contribution in [0.3, 0.4) is 0 Å². The van der Waals surface area contributed by atoms with Crippen LogP contribution in [0.1, 0.15) is 18.5 Å². The Hall–Kier alpha value is -3.08. The minimum atomic E-state index is -0.414. The predicted octanol–water partition coefficient (Wildman–Crippen LogP) is 3.36. The van der Waals surface area contributed by atoms with Crippen molar-refractivity contribution in [1.82, 2.24) is 19.9 Å². The Balaban J connectivity index is 0.00000289. The minimum Gasteiger partial charge on any atom is -0.369 e. The molecule has 1 unspecified atom stereocenters. The van der Waals surface area contributed by atoms with E-state index in [4.69, 9.17) is 5.73 Å². The van der Waals surface area contributed by atoms with Crippen LogP contribution < -0.4 is 16.4 Å². The zero-order chi connectivity index (χ0) is 21.6. The number of primary amides is 1. The van der Waals surface area contributed by atoms with E-state index in [1.807, 2.05) is 24.3 Å². The van der Waals surface area contributed by atoms with Crippen molar-refractivity contribution in [3.05, 3.63) is 53.8 Å². The lowest BCUT2D eigenvalue weighted by atomic mass is 9.97. The quantitative estimate of drug-likeness (QED) is 0.504. The average Bonchev–Trinajstić information content (AvgIpc) is 3.23. The molecule has 1 aliphatic rings.